The van der Waals surface area contributed by atoms with Crippen LogP contribution >= 0.6 is 0 Å². The quantitative estimate of drug-likeness (QED) is 0.792. The third-order valence-electron chi connectivity index (χ3n) is 2.15. The lowest BCUT2D eigenvalue weighted by Crippen LogP contribution is -2.25. The number of likely N-dealkylation sites (N-methyl/N-ethyl adjacent to an activating group) is 1. The maximum Gasteiger partial charge on any atom is 0.336 e. The van der Waals surface area contributed by atoms with Crippen LogP contribution < -0.4 is 10.1 Å². The van der Waals surface area contributed by atoms with E-state index in [1.807, 2.05) is 0 Å². The van der Waals surface area contributed by atoms with Crippen LogP contribution in [0.5, 0.6) is 5.75 Å². The van der Waals surface area contributed by atoms with E-state index < -0.39 is 5.97 Å². The molecule has 16 heavy (non-hydrogen) atoms. The van der Waals surface area contributed by atoms with Gasteiger partial charge in [0.15, 0.2) is 6.61 Å². The highest BCUT2D eigenvalue weighted by Gasteiger charge is 2.11. The highest BCUT2D eigenvalue weighted by atomic mass is 16.5. The van der Waals surface area contributed by atoms with E-state index in [2.05, 4.69) is 5.32 Å². The average molecular weight is 223 g/mol. The van der Waals surface area contributed by atoms with Gasteiger partial charge in [0.05, 0.1) is 5.56 Å². The van der Waals surface area contributed by atoms with Gasteiger partial charge < -0.3 is 15.2 Å². The van der Waals surface area contributed by atoms with Gasteiger partial charge in [-0.1, -0.05) is 6.07 Å². The van der Waals surface area contributed by atoms with Crippen molar-refractivity contribution in [2.24, 2.45) is 0 Å². The zero-order valence-electron chi connectivity index (χ0n) is 9.11. The molecule has 0 unspecified atom stereocenters. The van der Waals surface area contributed by atoms with Crippen molar-refractivity contribution in [2.45, 2.75) is 6.92 Å². The molecular formula is C11H13NO4. The normalized spacial score (nSPS) is 9.62. The fraction of sp³-hybridized carbons (Fsp3) is 0.273. The number of nitrogens with one attached hydrogen (secondary N) is 1. The summed E-state index contributed by atoms with van der Waals surface area (Å²) in [7, 11) is 1.51. The van der Waals surface area contributed by atoms with Gasteiger partial charge in [-0.2, -0.15) is 0 Å². The van der Waals surface area contributed by atoms with Crippen molar-refractivity contribution in [3.63, 3.8) is 0 Å². The molecule has 0 aliphatic heterocycles. The molecule has 0 heterocycles. The van der Waals surface area contributed by atoms with Crippen LogP contribution in [-0.2, 0) is 4.79 Å². The van der Waals surface area contributed by atoms with Crippen molar-refractivity contribution in [3.8, 4) is 5.75 Å². The molecule has 0 aliphatic rings. The van der Waals surface area contributed by atoms with E-state index in [1.54, 1.807) is 19.1 Å². The second-order valence-corrected chi connectivity index (χ2v) is 3.20. The van der Waals surface area contributed by atoms with E-state index in [9.17, 15) is 9.59 Å². The number of aromatic carboxylic acids is 1. The fourth-order valence-corrected chi connectivity index (χ4v) is 1.22. The van der Waals surface area contributed by atoms with Crippen LogP contribution in [0.25, 0.3) is 0 Å². The van der Waals surface area contributed by atoms with Crippen LogP contribution in [0.2, 0.25) is 0 Å². The van der Waals surface area contributed by atoms with Gasteiger partial charge in [-0.25, -0.2) is 4.79 Å². The number of hydrogen-bond acceptors (Lipinski definition) is 3. The molecule has 0 atom stereocenters. The minimum Gasteiger partial charge on any atom is -0.483 e. The van der Waals surface area contributed by atoms with Crippen molar-refractivity contribution in [2.75, 3.05) is 13.7 Å². The number of hydrogen-bond donors (Lipinski definition) is 2. The zero-order valence-corrected chi connectivity index (χ0v) is 9.11. The molecule has 86 valence electrons. The standard InChI is InChI=1S/C11H13NO4/c1-7-8(11(14)15)4-3-5-9(7)16-6-10(13)12-2/h3-5H,6H2,1-2H3,(H,12,13)(H,14,15). The average Bonchev–Trinajstić information content (AvgIpc) is 2.26. The number of amides is 1. The molecule has 0 fully saturated rings. The summed E-state index contributed by atoms with van der Waals surface area (Å²) in [5.74, 6) is -0.869. The first-order valence-electron chi connectivity index (χ1n) is 4.72. The molecule has 0 aliphatic carbocycles. The molecule has 0 aromatic heterocycles. The predicted molar refractivity (Wildman–Crippen MR) is 57.7 cm³/mol. The van der Waals surface area contributed by atoms with Gasteiger partial charge in [0.25, 0.3) is 5.91 Å². The number of benzene rings is 1. The summed E-state index contributed by atoms with van der Waals surface area (Å²) in [6, 6.07) is 4.70. The molecule has 1 amide bonds. The van der Waals surface area contributed by atoms with Crippen LogP contribution in [0.3, 0.4) is 0 Å². The number of rotatable bonds is 4. The van der Waals surface area contributed by atoms with Gasteiger partial charge in [-0.3, -0.25) is 4.79 Å². The monoisotopic (exact) mass is 223 g/mol. The molecule has 0 bridgehead atoms. The van der Waals surface area contributed by atoms with E-state index in [-0.39, 0.29) is 18.1 Å². The lowest BCUT2D eigenvalue weighted by atomic mass is 10.1. The molecule has 2 N–H and O–H groups in total. The van der Waals surface area contributed by atoms with Gasteiger partial charge >= 0.3 is 5.97 Å². The second-order valence-electron chi connectivity index (χ2n) is 3.20. The van der Waals surface area contributed by atoms with Crippen LogP contribution in [0.15, 0.2) is 18.2 Å². The Balaban J connectivity index is 2.85. The van der Waals surface area contributed by atoms with Crippen molar-refractivity contribution in [3.05, 3.63) is 29.3 Å². The topological polar surface area (TPSA) is 75.6 Å². The van der Waals surface area contributed by atoms with Crippen LogP contribution in [0, 0.1) is 6.92 Å². The van der Waals surface area contributed by atoms with E-state index in [0.29, 0.717) is 11.3 Å². The minimum absolute atomic E-state index is 0.125. The van der Waals surface area contributed by atoms with Gasteiger partial charge in [0.2, 0.25) is 0 Å². The Morgan fingerprint density at radius 1 is 1.44 bits per heavy atom. The third kappa shape index (κ3) is 2.73. The van der Waals surface area contributed by atoms with Crippen LogP contribution in [-0.4, -0.2) is 30.6 Å². The Morgan fingerprint density at radius 2 is 2.12 bits per heavy atom. The summed E-state index contributed by atoms with van der Waals surface area (Å²) in [6.45, 7) is 1.52. The van der Waals surface area contributed by atoms with E-state index in [0.717, 1.165) is 0 Å². The van der Waals surface area contributed by atoms with Gasteiger partial charge in [-0.15, -0.1) is 0 Å². The minimum atomic E-state index is -1.01. The fourth-order valence-electron chi connectivity index (χ4n) is 1.22. The first kappa shape index (κ1) is 12.0. The number of carboxylic acid groups (broad SMARTS) is 1. The molecule has 1 aromatic rings. The first-order chi connectivity index (χ1) is 7.56. The van der Waals surface area contributed by atoms with Crippen LogP contribution in [0.1, 0.15) is 15.9 Å². The Hall–Kier alpha value is -2.04. The van der Waals surface area contributed by atoms with Crippen molar-refractivity contribution < 1.29 is 19.4 Å². The number of carbonyl (C=O) groups is 2. The SMILES string of the molecule is CNC(=O)COc1cccc(C(=O)O)c1C. The second kappa shape index (κ2) is 5.16. The van der Waals surface area contributed by atoms with Gasteiger partial charge in [0, 0.05) is 12.6 Å². The van der Waals surface area contributed by atoms with E-state index >= 15 is 0 Å². The summed E-state index contributed by atoms with van der Waals surface area (Å²) in [5.41, 5.74) is 0.688. The van der Waals surface area contributed by atoms with E-state index in [4.69, 9.17) is 9.84 Å². The smallest absolute Gasteiger partial charge is 0.336 e. The molecular weight excluding hydrogens is 210 g/mol. The summed E-state index contributed by atoms with van der Waals surface area (Å²) >= 11 is 0. The third-order valence-corrected chi connectivity index (χ3v) is 2.15. The first-order valence-corrected chi connectivity index (χ1v) is 4.72. The molecule has 5 heteroatoms. The Labute approximate surface area is 93.0 Å². The van der Waals surface area contributed by atoms with Crippen molar-refractivity contribution in [1.82, 2.24) is 5.32 Å². The van der Waals surface area contributed by atoms with E-state index in [1.165, 1.54) is 13.1 Å². The summed E-state index contributed by atoms with van der Waals surface area (Å²) in [6.07, 6.45) is 0. The largest absolute Gasteiger partial charge is 0.483 e. The zero-order chi connectivity index (χ0) is 12.1. The number of ether oxygens (including phenoxy) is 1. The highest BCUT2D eigenvalue weighted by Crippen LogP contribution is 2.21. The predicted octanol–water partition coefficient (Wildman–Crippen LogP) is 0.818. The summed E-state index contributed by atoms with van der Waals surface area (Å²) in [5, 5.41) is 11.3. The van der Waals surface area contributed by atoms with Crippen molar-refractivity contribution >= 4 is 11.9 Å². The molecule has 1 rings (SSSR count). The Kier molecular flexibility index (Phi) is 3.88. The summed E-state index contributed by atoms with van der Waals surface area (Å²) in [4.78, 5) is 21.8. The molecule has 0 radical (unpaired) electrons. The van der Waals surface area contributed by atoms with Gasteiger partial charge in [-0.05, 0) is 19.1 Å². The highest BCUT2D eigenvalue weighted by molar-refractivity contribution is 5.90. The van der Waals surface area contributed by atoms with Gasteiger partial charge in [0.1, 0.15) is 5.75 Å². The maximum absolute atomic E-state index is 11.0. The summed E-state index contributed by atoms with van der Waals surface area (Å²) < 4.78 is 5.20. The Bertz CT molecular complexity index is 414. The van der Waals surface area contributed by atoms with Crippen molar-refractivity contribution in [1.29, 1.82) is 0 Å². The van der Waals surface area contributed by atoms with Crippen LogP contribution in [0.4, 0.5) is 0 Å². The molecule has 1 aromatic carbocycles. The maximum atomic E-state index is 11.0. The lowest BCUT2D eigenvalue weighted by Gasteiger charge is -2.09. The molecule has 0 saturated heterocycles. The molecule has 0 saturated carbocycles. The molecule has 5 nitrogen and oxygen atoms in total. The molecule has 0 spiro atoms. The Morgan fingerprint density at radius 3 is 2.69 bits per heavy atom. The number of carbonyl (C=O) groups excluding carboxylic acids is 1. The number of carboxylic acids is 1. The lowest BCUT2D eigenvalue weighted by molar-refractivity contribution is -0.122.